The Morgan fingerprint density at radius 1 is 1.32 bits per heavy atom. The molecule has 1 aromatic heterocycles. The molecule has 1 unspecified atom stereocenters. The normalized spacial score (nSPS) is 12.4. The zero-order valence-electron chi connectivity index (χ0n) is 14.7. The van der Waals surface area contributed by atoms with Gasteiger partial charge in [-0.2, -0.15) is 0 Å². The van der Waals surface area contributed by atoms with Gasteiger partial charge in [-0.1, -0.05) is 19.1 Å². The summed E-state index contributed by atoms with van der Waals surface area (Å²) in [5.41, 5.74) is 1.55. The minimum absolute atomic E-state index is 0. The first-order valence-electron chi connectivity index (χ1n) is 7.88. The van der Waals surface area contributed by atoms with E-state index in [4.69, 9.17) is 4.74 Å². The van der Waals surface area contributed by atoms with Gasteiger partial charge in [0, 0.05) is 43.6 Å². The van der Waals surface area contributed by atoms with Gasteiger partial charge in [0.1, 0.15) is 5.82 Å². The van der Waals surface area contributed by atoms with Gasteiger partial charge in [-0.05, 0) is 29.1 Å². The van der Waals surface area contributed by atoms with E-state index in [1.54, 1.807) is 31.6 Å². The number of hydrogen-bond donors (Lipinski definition) is 2. The van der Waals surface area contributed by atoms with E-state index in [2.05, 4.69) is 40.1 Å². The van der Waals surface area contributed by atoms with Crippen molar-refractivity contribution in [3.05, 3.63) is 57.5 Å². The summed E-state index contributed by atoms with van der Waals surface area (Å²) in [4.78, 5) is 5.58. The van der Waals surface area contributed by atoms with Crippen molar-refractivity contribution in [2.24, 2.45) is 4.99 Å². The zero-order chi connectivity index (χ0) is 17.4. The summed E-state index contributed by atoms with van der Waals surface area (Å²) < 4.78 is 18.6. The van der Waals surface area contributed by atoms with Crippen LogP contribution >= 0.6 is 35.3 Å². The van der Waals surface area contributed by atoms with E-state index in [-0.39, 0.29) is 36.4 Å². The number of halogens is 2. The summed E-state index contributed by atoms with van der Waals surface area (Å²) in [7, 11) is 3.30. The van der Waals surface area contributed by atoms with Crippen LogP contribution in [0.2, 0.25) is 0 Å². The molecular weight excluding hydrogens is 452 g/mol. The largest absolute Gasteiger partial charge is 0.380 e. The number of hydrogen-bond acceptors (Lipinski definition) is 3. The molecule has 0 amide bonds. The highest BCUT2D eigenvalue weighted by Crippen LogP contribution is 2.19. The second kappa shape index (κ2) is 11.4. The number of benzene rings is 1. The number of rotatable bonds is 7. The van der Waals surface area contributed by atoms with E-state index in [0.29, 0.717) is 18.0 Å². The standard InChI is InChI=1S/C18H24FN3OS.HI/c1-13(17-5-4-8-24-17)10-21-18(20-2)22-11-14-6-7-16(19)15(9-14)12-23-3;/h4-9,13H,10-12H2,1-3H3,(H2,20,21,22);1H. The van der Waals surface area contributed by atoms with Gasteiger partial charge in [-0.3, -0.25) is 4.99 Å². The molecule has 25 heavy (non-hydrogen) atoms. The molecule has 0 aliphatic rings. The molecule has 2 aromatic rings. The second-order valence-electron chi connectivity index (χ2n) is 5.58. The van der Waals surface area contributed by atoms with E-state index in [9.17, 15) is 4.39 Å². The minimum atomic E-state index is -0.243. The molecule has 2 rings (SSSR count). The quantitative estimate of drug-likeness (QED) is 0.359. The van der Waals surface area contributed by atoms with E-state index in [1.807, 2.05) is 6.07 Å². The number of nitrogens with zero attached hydrogens (tertiary/aromatic N) is 1. The lowest BCUT2D eigenvalue weighted by Crippen LogP contribution is -2.38. The first-order chi connectivity index (χ1) is 11.6. The molecule has 0 radical (unpaired) electrons. The number of thiophene rings is 1. The minimum Gasteiger partial charge on any atom is -0.380 e. The van der Waals surface area contributed by atoms with E-state index >= 15 is 0 Å². The van der Waals surface area contributed by atoms with Crippen molar-refractivity contribution in [3.8, 4) is 0 Å². The SMILES string of the molecule is CN=C(NCc1ccc(F)c(COC)c1)NCC(C)c1cccs1.I. The first-order valence-corrected chi connectivity index (χ1v) is 8.76. The molecule has 0 saturated heterocycles. The molecule has 1 atom stereocenters. The summed E-state index contributed by atoms with van der Waals surface area (Å²) in [6.45, 7) is 3.83. The summed E-state index contributed by atoms with van der Waals surface area (Å²) in [5.74, 6) is 0.909. The van der Waals surface area contributed by atoms with Crippen molar-refractivity contribution in [1.29, 1.82) is 0 Å². The highest BCUT2D eigenvalue weighted by Gasteiger charge is 2.08. The molecule has 7 heteroatoms. The molecule has 0 aliphatic heterocycles. The summed E-state index contributed by atoms with van der Waals surface area (Å²) in [5, 5.41) is 8.67. The van der Waals surface area contributed by atoms with Gasteiger partial charge >= 0.3 is 0 Å². The van der Waals surface area contributed by atoms with Crippen LogP contribution in [0.3, 0.4) is 0 Å². The van der Waals surface area contributed by atoms with E-state index < -0.39 is 0 Å². The predicted molar refractivity (Wildman–Crippen MR) is 113 cm³/mol. The Bertz CT molecular complexity index is 664. The van der Waals surface area contributed by atoms with Crippen LogP contribution < -0.4 is 10.6 Å². The van der Waals surface area contributed by atoms with Crippen molar-refractivity contribution in [3.63, 3.8) is 0 Å². The van der Waals surface area contributed by atoms with Gasteiger partial charge in [-0.25, -0.2) is 4.39 Å². The average molecular weight is 477 g/mol. The summed E-state index contributed by atoms with van der Waals surface area (Å²) in [6, 6.07) is 9.26. The number of ether oxygens (including phenoxy) is 1. The molecule has 0 spiro atoms. The first kappa shape index (κ1) is 21.9. The summed E-state index contributed by atoms with van der Waals surface area (Å²) in [6.07, 6.45) is 0. The molecule has 1 aromatic carbocycles. The molecule has 0 bridgehead atoms. The molecular formula is C18H25FIN3OS. The molecule has 4 nitrogen and oxygen atoms in total. The second-order valence-corrected chi connectivity index (χ2v) is 6.56. The Morgan fingerprint density at radius 2 is 2.12 bits per heavy atom. The van der Waals surface area contributed by atoms with Crippen molar-refractivity contribution in [2.45, 2.75) is 26.0 Å². The van der Waals surface area contributed by atoms with Crippen LogP contribution in [0.15, 0.2) is 40.7 Å². The van der Waals surface area contributed by atoms with E-state index in [0.717, 1.165) is 18.1 Å². The number of aliphatic imine (C=N–C) groups is 1. The maximum atomic E-state index is 13.6. The third kappa shape index (κ3) is 6.91. The van der Waals surface area contributed by atoms with Gasteiger partial charge < -0.3 is 15.4 Å². The van der Waals surface area contributed by atoms with Crippen LogP contribution in [-0.4, -0.2) is 26.7 Å². The maximum absolute atomic E-state index is 13.6. The van der Waals surface area contributed by atoms with Crippen LogP contribution in [0.5, 0.6) is 0 Å². The molecule has 0 fully saturated rings. The lowest BCUT2D eigenvalue weighted by atomic mass is 10.1. The maximum Gasteiger partial charge on any atom is 0.191 e. The lowest BCUT2D eigenvalue weighted by Gasteiger charge is -2.15. The Morgan fingerprint density at radius 3 is 2.76 bits per heavy atom. The topological polar surface area (TPSA) is 45.7 Å². The summed E-state index contributed by atoms with van der Waals surface area (Å²) >= 11 is 1.76. The van der Waals surface area contributed by atoms with Crippen molar-refractivity contribution < 1.29 is 9.13 Å². The third-order valence-electron chi connectivity index (χ3n) is 3.70. The van der Waals surface area contributed by atoms with E-state index in [1.165, 1.54) is 10.9 Å². The third-order valence-corrected chi connectivity index (χ3v) is 4.80. The van der Waals surface area contributed by atoms with Gasteiger partial charge in [0.05, 0.1) is 6.61 Å². The Labute approximate surface area is 169 Å². The van der Waals surface area contributed by atoms with Crippen LogP contribution in [0.4, 0.5) is 4.39 Å². The fourth-order valence-electron chi connectivity index (χ4n) is 2.33. The molecule has 1 heterocycles. The number of methoxy groups -OCH3 is 1. The fourth-order valence-corrected chi connectivity index (χ4v) is 3.12. The van der Waals surface area contributed by atoms with Crippen molar-refractivity contribution >= 4 is 41.3 Å². The molecule has 0 saturated carbocycles. The van der Waals surface area contributed by atoms with Crippen LogP contribution in [0.25, 0.3) is 0 Å². The monoisotopic (exact) mass is 477 g/mol. The Kier molecular flexibility index (Phi) is 9.99. The van der Waals surface area contributed by atoms with Gasteiger partial charge in [0.15, 0.2) is 5.96 Å². The average Bonchev–Trinajstić information content (AvgIpc) is 3.12. The highest BCUT2D eigenvalue weighted by atomic mass is 127. The smallest absolute Gasteiger partial charge is 0.191 e. The van der Waals surface area contributed by atoms with Crippen molar-refractivity contribution in [1.82, 2.24) is 10.6 Å². The van der Waals surface area contributed by atoms with Crippen LogP contribution in [0.1, 0.15) is 28.8 Å². The van der Waals surface area contributed by atoms with Gasteiger partial charge in [0.2, 0.25) is 0 Å². The highest BCUT2D eigenvalue weighted by molar-refractivity contribution is 14.0. The van der Waals surface area contributed by atoms with Crippen LogP contribution in [-0.2, 0) is 17.9 Å². The van der Waals surface area contributed by atoms with Gasteiger partial charge in [-0.15, -0.1) is 35.3 Å². The Hall–Kier alpha value is -1.19. The Balaban J connectivity index is 0.00000312. The van der Waals surface area contributed by atoms with Crippen LogP contribution in [0, 0.1) is 5.82 Å². The van der Waals surface area contributed by atoms with Crippen molar-refractivity contribution in [2.75, 3.05) is 20.7 Å². The number of guanidine groups is 1. The molecule has 0 aliphatic carbocycles. The zero-order valence-corrected chi connectivity index (χ0v) is 17.9. The predicted octanol–water partition coefficient (Wildman–Crippen LogP) is 4.12. The lowest BCUT2D eigenvalue weighted by molar-refractivity contribution is 0.181. The molecule has 2 N–H and O–H groups in total. The van der Waals surface area contributed by atoms with Gasteiger partial charge in [0.25, 0.3) is 0 Å². The molecule has 138 valence electrons. The fraction of sp³-hybridized carbons (Fsp3) is 0.389. The number of nitrogens with one attached hydrogen (secondary N) is 2.